The van der Waals surface area contributed by atoms with E-state index in [1.807, 2.05) is 75.4 Å². The molecule has 0 aliphatic heterocycles. The van der Waals surface area contributed by atoms with Crippen LogP contribution in [0.2, 0.25) is 0 Å². The van der Waals surface area contributed by atoms with Crippen LogP contribution < -0.4 is 15.5 Å². The highest BCUT2D eigenvalue weighted by Gasteiger charge is 2.10. The lowest BCUT2D eigenvalue weighted by molar-refractivity contribution is 0.102. The Bertz CT molecular complexity index is 650. The van der Waals surface area contributed by atoms with Crippen molar-refractivity contribution in [3.05, 3.63) is 53.6 Å². The molecule has 110 valence electrons. The normalized spacial score (nSPS) is 10.1. The Morgan fingerprint density at radius 1 is 1.05 bits per heavy atom. The Labute approximate surface area is 125 Å². The van der Waals surface area contributed by atoms with Gasteiger partial charge >= 0.3 is 0 Å². The van der Waals surface area contributed by atoms with E-state index < -0.39 is 0 Å². The van der Waals surface area contributed by atoms with Gasteiger partial charge in [-0.1, -0.05) is 12.1 Å². The van der Waals surface area contributed by atoms with Gasteiger partial charge in [0.2, 0.25) is 0 Å². The van der Waals surface area contributed by atoms with Crippen molar-refractivity contribution < 1.29 is 4.79 Å². The zero-order valence-electron chi connectivity index (χ0n) is 12.9. The van der Waals surface area contributed by atoms with Gasteiger partial charge in [0, 0.05) is 32.4 Å². The first-order valence-electron chi connectivity index (χ1n) is 6.89. The molecule has 0 aromatic heterocycles. The maximum Gasteiger partial charge on any atom is 0.255 e. The maximum absolute atomic E-state index is 12.4. The number of amides is 1. The van der Waals surface area contributed by atoms with E-state index in [0.29, 0.717) is 5.56 Å². The molecule has 0 heterocycles. The zero-order chi connectivity index (χ0) is 15.4. The molecule has 2 N–H and O–H groups in total. The van der Waals surface area contributed by atoms with Crippen LogP contribution in [0.25, 0.3) is 0 Å². The lowest BCUT2D eigenvalue weighted by Gasteiger charge is -2.18. The minimum absolute atomic E-state index is 0.102. The molecule has 0 aliphatic carbocycles. The summed E-state index contributed by atoms with van der Waals surface area (Å²) < 4.78 is 0. The molecule has 1 amide bonds. The Hall–Kier alpha value is -2.49. The summed E-state index contributed by atoms with van der Waals surface area (Å²) in [4.78, 5) is 14.4. The lowest BCUT2D eigenvalue weighted by Crippen LogP contribution is -2.16. The van der Waals surface area contributed by atoms with E-state index in [0.717, 1.165) is 22.6 Å². The van der Waals surface area contributed by atoms with E-state index in [1.165, 1.54) is 0 Å². The second-order valence-corrected chi connectivity index (χ2v) is 5.15. The summed E-state index contributed by atoms with van der Waals surface area (Å²) in [6.07, 6.45) is 0. The van der Waals surface area contributed by atoms with Crippen LogP contribution in [0.1, 0.15) is 15.9 Å². The summed E-state index contributed by atoms with van der Waals surface area (Å²) in [5.41, 5.74) is 4.52. The molecule has 0 atom stereocenters. The number of nitrogens with zero attached hydrogens (tertiary/aromatic N) is 1. The van der Waals surface area contributed by atoms with Gasteiger partial charge in [-0.2, -0.15) is 0 Å². The van der Waals surface area contributed by atoms with Gasteiger partial charge < -0.3 is 15.5 Å². The Kier molecular flexibility index (Phi) is 4.48. The van der Waals surface area contributed by atoms with Crippen molar-refractivity contribution >= 4 is 23.0 Å². The third kappa shape index (κ3) is 3.34. The molecule has 0 bridgehead atoms. The second-order valence-electron chi connectivity index (χ2n) is 5.15. The quantitative estimate of drug-likeness (QED) is 0.904. The third-order valence-corrected chi connectivity index (χ3v) is 3.39. The Morgan fingerprint density at radius 2 is 1.76 bits per heavy atom. The zero-order valence-corrected chi connectivity index (χ0v) is 12.9. The van der Waals surface area contributed by atoms with Gasteiger partial charge in [-0.15, -0.1) is 0 Å². The van der Waals surface area contributed by atoms with Crippen molar-refractivity contribution in [2.45, 2.75) is 6.92 Å². The Balaban J connectivity index is 2.24. The number of para-hydroxylation sites is 2. The van der Waals surface area contributed by atoms with Crippen molar-refractivity contribution in [2.24, 2.45) is 0 Å². The summed E-state index contributed by atoms with van der Waals surface area (Å²) >= 11 is 0. The van der Waals surface area contributed by atoms with Crippen LogP contribution in [-0.2, 0) is 0 Å². The maximum atomic E-state index is 12.4. The van der Waals surface area contributed by atoms with Crippen molar-refractivity contribution in [3.63, 3.8) is 0 Å². The molecule has 2 aromatic carbocycles. The third-order valence-electron chi connectivity index (χ3n) is 3.39. The Morgan fingerprint density at radius 3 is 2.38 bits per heavy atom. The number of carbonyl (C=O) groups excluding carboxylic acids is 1. The van der Waals surface area contributed by atoms with Gasteiger partial charge in [0.05, 0.1) is 11.4 Å². The predicted molar refractivity (Wildman–Crippen MR) is 89.4 cm³/mol. The van der Waals surface area contributed by atoms with Gasteiger partial charge in [-0.3, -0.25) is 4.79 Å². The molecule has 0 saturated carbocycles. The largest absolute Gasteiger partial charge is 0.388 e. The molecule has 0 unspecified atom stereocenters. The fourth-order valence-corrected chi connectivity index (χ4v) is 2.25. The minimum atomic E-state index is -0.102. The van der Waals surface area contributed by atoms with Crippen LogP contribution >= 0.6 is 0 Å². The highest BCUT2D eigenvalue weighted by atomic mass is 16.1. The summed E-state index contributed by atoms with van der Waals surface area (Å²) in [7, 11) is 5.78. The molecule has 0 fully saturated rings. The van der Waals surface area contributed by atoms with Gasteiger partial charge in [0.15, 0.2) is 0 Å². The summed E-state index contributed by atoms with van der Waals surface area (Å²) in [6, 6.07) is 13.4. The number of carbonyl (C=O) groups is 1. The molecule has 4 nitrogen and oxygen atoms in total. The highest BCUT2D eigenvalue weighted by Crippen LogP contribution is 2.24. The molecule has 0 radical (unpaired) electrons. The van der Waals surface area contributed by atoms with Gasteiger partial charge in [0.1, 0.15) is 0 Å². The van der Waals surface area contributed by atoms with Crippen LogP contribution in [-0.4, -0.2) is 27.1 Å². The first-order chi connectivity index (χ1) is 10.0. The van der Waals surface area contributed by atoms with Crippen LogP contribution in [0.5, 0.6) is 0 Å². The number of benzene rings is 2. The molecule has 0 spiro atoms. The van der Waals surface area contributed by atoms with Crippen molar-refractivity contribution in [2.75, 3.05) is 36.7 Å². The molecular formula is C17H21N3O. The summed E-state index contributed by atoms with van der Waals surface area (Å²) in [6.45, 7) is 1.98. The molecule has 0 saturated heterocycles. The average molecular weight is 283 g/mol. The SMILES string of the molecule is CNc1ccc(C(=O)Nc2ccccc2N(C)C)cc1C. The van der Waals surface area contributed by atoms with Gasteiger partial charge in [0.25, 0.3) is 5.91 Å². The predicted octanol–water partition coefficient (Wildman–Crippen LogP) is 3.36. The van der Waals surface area contributed by atoms with E-state index >= 15 is 0 Å². The van der Waals surface area contributed by atoms with Crippen molar-refractivity contribution in [1.82, 2.24) is 0 Å². The van der Waals surface area contributed by atoms with Gasteiger partial charge in [-0.25, -0.2) is 0 Å². The number of aryl methyl sites for hydroxylation is 1. The molecule has 4 heteroatoms. The molecule has 0 aliphatic rings. The first kappa shape index (κ1) is 14.9. The number of rotatable bonds is 4. The fourth-order valence-electron chi connectivity index (χ4n) is 2.25. The van der Waals surface area contributed by atoms with Crippen LogP contribution in [0.4, 0.5) is 17.1 Å². The molecule has 2 rings (SSSR count). The topological polar surface area (TPSA) is 44.4 Å². The van der Waals surface area contributed by atoms with E-state index in [4.69, 9.17) is 0 Å². The van der Waals surface area contributed by atoms with E-state index in [2.05, 4.69) is 10.6 Å². The van der Waals surface area contributed by atoms with E-state index in [1.54, 1.807) is 0 Å². The van der Waals surface area contributed by atoms with Gasteiger partial charge in [-0.05, 0) is 42.8 Å². The number of hydrogen-bond acceptors (Lipinski definition) is 3. The fraction of sp³-hybridized carbons (Fsp3) is 0.235. The van der Waals surface area contributed by atoms with E-state index in [9.17, 15) is 4.79 Å². The average Bonchev–Trinajstić information content (AvgIpc) is 2.47. The monoisotopic (exact) mass is 283 g/mol. The summed E-state index contributed by atoms with van der Waals surface area (Å²) in [5, 5.41) is 6.07. The molecular weight excluding hydrogens is 262 g/mol. The summed E-state index contributed by atoms with van der Waals surface area (Å²) in [5.74, 6) is -0.102. The molecule has 21 heavy (non-hydrogen) atoms. The van der Waals surface area contributed by atoms with Crippen LogP contribution in [0.15, 0.2) is 42.5 Å². The molecule has 2 aromatic rings. The lowest BCUT2D eigenvalue weighted by atomic mass is 10.1. The standard InChI is InChI=1S/C17H21N3O/c1-12-11-13(9-10-14(12)18-2)17(21)19-15-7-5-6-8-16(15)20(3)4/h5-11,18H,1-4H3,(H,19,21). The van der Waals surface area contributed by atoms with E-state index in [-0.39, 0.29) is 5.91 Å². The smallest absolute Gasteiger partial charge is 0.255 e. The van der Waals surface area contributed by atoms with Crippen LogP contribution in [0.3, 0.4) is 0 Å². The second kappa shape index (κ2) is 6.31. The number of anilines is 3. The number of hydrogen-bond donors (Lipinski definition) is 2. The highest BCUT2D eigenvalue weighted by molar-refractivity contribution is 6.06. The van der Waals surface area contributed by atoms with Crippen molar-refractivity contribution in [3.8, 4) is 0 Å². The number of nitrogens with one attached hydrogen (secondary N) is 2. The first-order valence-corrected chi connectivity index (χ1v) is 6.89. The minimum Gasteiger partial charge on any atom is -0.388 e. The van der Waals surface area contributed by atoms with Crippen molar-refractivity contribution in [1.29, 1.82) is 0 Å². The van der Waals surface area contributed by atoms with Crippen LogP contribution in [0, 0.1) is 6.92 Å².